The van der Waals surface area contributed by atoms with Crippen molar-refractivity contribution in [3.05, 3.63) is 42.9 Å². The third-order valence-corrected chi connectivity index (χ3v) is 4.96. The first-order chi connectivity index (χ1) is 11.7. The molecule has 7 heteroatoms. The van der Waals surface area contributed by atoms with Gasteiger partial charge in [0.25, 0.3) is 0 Å². The van der Waals surface area contributed by atoms with Crippen LogP contribution in [-0.4, -0.2) is 57.2 Å². The molecule has 0 aromatic carbocycles. The van der Waals surface area contributed by atoms with Crippen LogP contribution in [0.2, 0.25) is 0 Å². The van der Waals surface area contributed by atoms with Gasteiger partial charge in [-0.05, 0) is 31.5 Å². The summed E-state index contributed by atoms with van der Waals surface area (Å²) in [6.07, 6.45) is 6.18. The third-order valence-electron chi connectivity index (χ3n) is 3.93. The van der Waals surface area contributed by atoms with Gasteiger partial charge in [-0.15, -0.1) is 0 Å². The van der Waals surface area contributed by atoms with Crippen molar-refractivity contribution in [2.45, 2.75) is 23.6 Å². The molecule has 0 spiro atoms. The number of nitrogens with zero attached hydrogens (tertiary/aromatic N) is 5. The van der Waals surface area contributed by atoms with Crippen molar-refractivity contribution in [3.63, 3.8) is 0 Å². The zero-order valence-corrected chi connectivity index (χ0v) is 14.5. The number of carbonyl (C=O) groups excluding carboxylic acids is 1. The summed E-state index contributed by atoms with van der Waals surface area (Å²) in [5.41, 5.74) is 0. The van der Waals surface area contributed by atoms with Crippen molar-refractivity contribution in [2.75, 3.05) is 31.1 Å². The fraction of sp³-hybridized carbons (Fsp3) is 0.412. The first-order valence-corrected chi connectivity index (χ1v) is 9.00. The molecule has 0 N–H and O–H groups in total. The fourth-order valence-corrected chi connectivity index (χ4v) is 3.59. The van der Waals surface area contributed by atoms with Crippen LogP contribution in [0, 0.1) is 0 Å². The van der Waals surface area contributed by atoms with Crippen molar-refractivity contribution in [1.82, 2.24) is 19.9 Å². The van der Waals surface area contributed by atoms with Gasteiger partial charge in [-0.1, -0.05) is 17.8 Å². The number of hydrogen-bond acceptors (Lipinski definition) is 6. The Kier molecular flexibility index (Phi) is 5.63. The SMILES string of the molecule is C[C@@H](Sc1ccccn1)C(=O)N1CCCN(c2ncccn2)CC1. The Balaban J connectivity index is 1.58. The molecule has 1 amide bonds. The summed E-state index contributed by atoms with van der Waals surface area (Å²) in [5, 5.41) is 0.743. The fourth-order valence-electron chi connectivity index (χ4n) is 2.70. The van der Waals surface area contributed by atoms with Gasteiger partial charge in [0.15, 0.2) is 0 Å². The van der Waals surface area contributed by atoms with Crippen molar-refractivity contribution in [3.8, 4) is 0 Å². The van der Waals surface area contributed by atoms with E-state index < -0.39 is 0 Å². The third kappa shape index (κ3) is 4.23. The van der Waals surface area contributed by atoms with Crippen molar-refractivity contribution in [1.29, 1.82) is 0 Å². The molecule has 0 bridgehead atoms. The molecular formula is C17H21N5OS. The highest BCUT2D eigenvalue weighted by molar-refractivity contribution is 8.00. The van der Waals surface area contributed by atoms with E-state index in [9.17, 15) is 4.79 Å². The molecule has 126 valence electrons. The molecule has 24 heavy (non-hydrogen) atoms. The topological polar surface area (TPSA) is 62.2 Å². The Labute approximate surface area is 146 Å². The molecule has 0 unspecified atom stereocenters. The number of carbonyl (C=O) groups is 1. The number of anilines is 1. The monoisotopic (exact) mass is 343 g/mol. The molecule has 1 aliphatic rings. The molecule has 3 rings (SSSR count). The molecule has 1 atom stereocenters. The van der Waals surface area contributed by atoms with Crippen LogP contribution in [0.1, 0.15) is 13.3 Å². The lowest BCUT2D eigenvalue weighted by molar-refractivity contribution is -0.130. The zero-order valence-electron chi connectivity index (χ0n) is 13.7. The predicted molar refractivity (Wildman–Crippen MR) is 95.0 cm³/mol. The molecule has 0 aliphatic carbocycles. The molecule has 2 aromatic rings. The molecular weight excluding hydrogens is 322 g/mol. The number of thioether (sulfide) groups is 1. The summed E-state index contributed by atoms with van der Waals surface area (Å²) in [6, 6.07) is 7.57. The minimum absolute atomic E-state index is 0.139. The van der Waals surface area contributed by atoms with E-state index in [2.05, 4.69) is 19.9 Å². The molecule has 2 aromatic heterocycles. The lowest BCUT2D eigenvalue weighted by atomic mass is 10.3. The molecule has 1 fully saturated rings. The van der Waals surface area contributed by atoms with Gasteiger partial charge < -0.3 is 9.80 Å². The highest BCUT2D eigenvalue weighted by Gasteiger charge is 2.24. The van der Waals surface area contributed by atoms with Gasteiger partial charge in [0, 0.05) is 44.8 Å². The van der Waals surface area contributed by atoms with Crippen molar-refractivity contribution >= 4 is 23.6 Å². The number of hydrogen-bond donors (Lipinski definition) is 0. The largest absolute Gasteiger partial charge is 0.340 e. The highest BCUT2D eigenvalue weighted by Crippen LogP contribution is 2.22. The van der Waals surface area contributed by atoms with Crippen LogP contribution < -0.4 is 4.90 Å². The molecule has 0 saturated carbocycles. The molecule has 0 radical (unpaired) electrons. The van der Waals surface area contributed by atoms with Crippen LogP contribution in [0.4, 0.5) is 5.95 Å². The second-order valence-electron chi connectivity index (χ2n) is 5.64. The van der Waals surface area contributed by atoms with Gasteiger partial charge in [-0.2, -0.15) is 0 Å². The highest BCUT2D eigenvalue weighted by atomic mass is 32.2. The van der Waals surface area contributed by atoms with Crippen LogP contribution in [-0.2, 0) is 4.79 Å². The van der Waals surface area contributed by atoms with Crippen molar-refractivity contribution in [2.24, 2.45) is 0 Å². The summed E-state index contributed by atoms with van der Waals surface area (Å²) in [4.78, 5) is 29.7. The first kappa shape index (κ1) is 16.7. The van der Waals surface area contributed by atoms with E-state index in [1.807, 2.05) is 36.1 Å². The van der Waals surface area contributed by atoms with E-state index in [-0.39, 0.29) is 11.2 Å². The smallest absolute Gasteiger partial charge is 0.235 e. The Morgan fingerprint density at radius 3 is 2.58 bits per heavy atom. The van der Waals surface area contributed by atoms with Crippen LogP contribution in [0.5, 0.6) is 0 Å². The maximum Gasteiger partial charge on any atom is 0.235 e. The zero-order chi connectivity index (χ0) is 16.8. The second-order valence-corrected chi connectivity index (χ2v) is 7.00. The lowest BCUT2D eigenvalue weighted by Crippen LogP contribution is -2.39. The summed E-state index contributed by atoms with van der Waals surface area (Å²) < 4.78 is 0. The standard InChI is InChI=1S/C17H21N5OS/c1-14(24-15-6-2-3-7-18-15)16(23)21-10-5-11-22(13-12-21)17-19-8-4-9-20-17/h2-4,6-9,14H,5,10-13H2,1H3/t14-/m1/s1. The number of aromatic nitrogens is 3. The van der Waals surface area contributed by atoms with Crippen LogP contribution >= 0.6 is 11.8 Å². The van der Waals surface area contributed by atoms with E-state index >= 15 is 0 Å². The predicted octanol–water partition coefficient (Wildman–Crippen LogP) is 2.09. The maximum atomic E-state index is 12.7. The van der Waals surface area contributed by atoms with Gasteiger partial charge in [0.2, 0.25) is 11.9 Å². The quantitative estimate of drug-likeness (QED) is 0.792. The summed E-state index contributed by atoms with van der Waals surface area (Å²) >= 11 is 1.51. The normalized spacial score (nSPS) is 16.5. The van der Waals surface area contributed by atoms with Gasteiger partial charge in [0.1, 0.15) is 0 Å². The summed E-state index contributed by atoms with van der Waals surface area (Å²) in [6.45, 7) is 5.05. The van der Waals surface area contributed by atoms with Gasteiger partial charge in [-0.25, -0.2) is 15.0 Å². The molecule has 1 aliphatic heterocycles. The first-order valence-electron chi connectivity index (χ1n) is 8.12. The average molecular weight is 343 g/mol. The number of rotatable bonds is 4. The number of amides is 1. The molecule has 3 heterocycles. The molecule has 6 nitrogen and oxygen atoms in total. The summed E-state index contributed by atoms with van der Waals surface area (Å²) in [5.74, 6) is 0.907. The Morgan fingerprint density at radius 1 is 1.04 bits per heavy atom. The van der Waals surface area contributed by atoms with Crippen molar-refractivity contribution < 1.29 is 4.79 Å². The van der Waals surface area contributed by atoms with E-state index in [1.165, 1.54) is 11.8 Å². The number of pyridine rings is 1. The maximum absolute atomic E-state index is 12.7. The van der Waals surface area contributed by atoms with Crippen LogP contribution in [0.3, 0.4) is 0 Å². The average Bonchev–Trinajstić information content (AvgIpc) is 2.89. The molecule has 1 saturated heterocycles. The minimum atomic E-state index is -0.139. The van der Waals surface area contributed by atoms with E-state index in [4.69, 9.17) is 0 Å². The van der Waals surface area contributed by atoms with Crippen LogP contribution in [0.25, 0.3) is 0 Å². The van der Waals surface area contributed by atoms with Crippen LogP contribution in [0.15, 0.2) is 47.9 Å². The van der Waals surface area contributed by atoms with E-state index in [0.717, 1.165) is 37.0 Å². The Bertz CT molecular complexity index is 655. The van der Waals surface area contributed by atoms with Gasteiger partial charge in [0.05, 0.1) is 10.3 Å². The van der Waals surface area contributed by atoms with E-state index in [0.29, 0.717) is 6.54 Å². The minimum Gasteiger partial charge on any atom is -0.340 e. The lowest BCUT2D eigenvalue weighted by Gasteiger charge is -2.24. The second kappa shape index (κ2) is 8.10. The summed E-state index contributed by atoms with van der Waals surface area (Å²) in [7, 11) is 0. The van der Waals surface area contributed by atoms with Gasteiger partial charge >= 0.3 is 0 Å². The van der Waals surface area contributed by atoms with Gasteiger partial charge in [-0.3, -0.25) is 4.79 Å². The van der Waals surface area contributed by atoms with E-state index in [1.54, 1.807) is 18.6 Å². The Morgan fingerprint density at radius 2 is 1.83 bits per heavy atom. The Hall–Kier alpha value is -2.15.